The van der Waals surface area contributed by atoms with Gasteiger partial charge in [0.2, 0.25) is 0 Å². The van der Waals surface area contributed by atoms with E-state index in [2.05, 4.69) is 90.1 Å². The van der Waals surface area contributed by atoms with Gasteiger partial charge in [0.15, 0.2) is 0 Å². The molecule has 2 aromatic carbocycles. The van der Waals surface area contributed by atoms with Crippen molar-refractivity contribution in [3.8, 4) is 11.5 Å². The van der Waals surface area contributed by atoms with E-state index in [1.807, 2.05) is 0 Å². The molecule has 2 unspecified atom stereocenters. The molecule has 2 aromatic rings. The Hall–Kier alpha value is -1.16. The molecule has 2 nitrogen and oxygen atoms in total. The van der Waals surface area contributed by atoms with Gasteiger partial charge < -0.3 is 0 Å². The predicted molar refractivity (Wildman–Crippen MR) is 174 cm³/mol. The molecule has 0 N–H and O–H groups in total. The Morgan fingerprint density at radius 2 is 0.872 bits per heavy atom. The van der Waals surface area contributed by atoms with E-state index in [0.29, 0.717) is 11.8 Å². The molecule has 2 atom stereocenters. The molecule has 0 radical (unpaired) electrons. The van der Waals surface area contributed by atoms with Crippen molar-refractivity contribution in [3.63, 3.8) is 0 Å². The van der Waals surface area contributed by atoms with E-state index >= 15 is 0 Å². The topological polar surface area (TPSA) is 18.5 Å². The van der Waals surface area contributed by atoms with Crippen molar-refractivity contribution in [3.05, 3.63) is 59.7 Å². The summed E-state index contributed by atoms with van der Waals surface area (Å²) in [6.07, 6.45) is 18.0. The second-order valence-electron chi connectivity index (χ2n) is 11.8. The SMILES string of the molecule is CCCCCCC[CH2][Sn]([CH2]CCCCCCC)([O]c1ccccc1C(C)CC)[O]c1ccccc1C(C)CC. The Morgan fingerprint density at radius 3 is 1.26 bits per heavy atom. The first-order valence-corrected chi connectivity index (χ1v) is 22.9. The molecular formula is C36H60O2Sn. The van der Waals surface area contributed by atoms with Crippen LogP contribution in [0.25, 0.3) is 0 Å². The van der Waals surface area contributed by atoms with Gasteiger partial charge in [-0.1, -0.05) is 0 Å². The predicted octanol–water partition coefficient (Wildman–Crippen LogP) is 12.3. The molecule has 3 heteroatoms. The number of hydrogen-bond donors (Lipinski definition) is 0. The van der Waals surface area contributed by atoms with E-state index in [4.69, 9.17) is 6.15 Å². The molecule has 0 saturated carbocycles. The minimum atomic E-state index is -3.59. The summed E-state index contributed by atoms with van der Waals surface area (Å²) < 4.78 is 17.0. The summed E-state index contributed by atoms with van der Waals surface area (Å²) in [7, 11) is 0. The van der Waals surface area contributed by atoms with Gasteiger partial charge in [-0.15, -0.1) is 0 Å². The third-order valence-electron chi connectivity index (χ3n) is 8.54. The third kappa shape index (κ3) is 12.1. The molecule has 0 fully saturated rings. The van der Waals surface area contributed by atoms with Gasteiger partial charge in [0, 0.05) is 0 Å². The maximum absolute atomic E-state index is 7.37. The first-order chi connectivity index (χ1) is 19.0. The van der Waals surface area contributed by atoms with E-state index in [9.17, 15) is 0 Å². The summed E-state index contributed by atoms with van der Waals surface area (Å²) in [6, 6.07) is 17.7. The van der Waals surface area contributed by atoms with Gasteiger partial charge in [-0.05, 0) is 0 Å². The van der Waals surface area contributed by atoms with Gasteiger partial charge in [-0.2, -0.15) is 0 Å². The second-order valence-corrected chi connectivity index (χ2v) is 21.1. The van der Waals surface area contributed by atoms with Crippen molar-refractivity contribution in [1.82, 2.24) is 0 Å². The zero-order chi connectivity index (χ0) is 28.3. The van der Waals surface area contributed by atoms with E-state index < -0.39 is 19.2 Å². The van der Waals surface area contributed by atoms with Crippen molar-refractivity contribution in [1.29, 1.82) is 0 Å². The van der Waals surface area contributed by atoms with Crippen molar-refractivity contribution in [2.75, 3.05) is 0 Å². The van der Waals surface area contributed by atoms with Gasteiger partial charge in [-0.25, -0.2) is 0 Å². The van der Waals surface area contributed by atoms with Gasteiger partial charge in [0.05, 0.1) is 0 Å². The zero-order valence-corrected chi connectivity index (χ0v) is 29.3. The molecule has 0 aliphatic carbocycles. The zero-order valence-electron chi connectivity index (χ0n) is 26.4. The first kappa shape index (κ1) is 34.0. The van der Waals surface area contributed by atoms with Gasteiger partial charge in [0.25, 0.3) is 0 Å². The molecule has 0 amide bonds. The van der Waals surface area contributed by atoms with E-state index in [1.165, 1.54) is 88.2 Å². The molecule has 0 bridgehead atoms. The van der Waals surface area contributed by atoms with Crippen molar-refractivity contribution in [2.45, 2.75) is 152 Å². The molecule has 2 rings (SSSR count). The molecule has 0 saturated heterocycles. The van der Waals surface area contributed by atoms with Crippen LogP contribution in [0.4, 0.5) is 0 Å². The number of benzene rings is 2. The first-order valence-electron chi connectivity index (χ1n) is 16.6. The van der Waals surface area contributed by atoms with Crippen LogP contribution in [-0.2, 0) is 0 Å². The fourth-order valence-corrected chi connectivity index (χ4v) is 15.3. The summed E-state index contributed by atoms with van der Waals surface area (Å²) >= 11 is -3.59. The van der Waals surface area contributed by atoms with Crippen LogP contribution in [0, 0.1) is 0 Å². The van der Waals surface area contributed by atoms with Crippen LogP contribution >= 0.6 is 0 Å². The van der Waals surface area contributed by atoms with Gasteiger partial charge >= 0.3 is 249 Å². The van der Waals surface area contributed by atoms with Crippen LogP contribution in [0.1, 0.15) is 154 Å². The Balaban J connectivity index is 2.41. The van der Waals surface area contributed by atoms with Crippen molar-refractivity contribution >= 4 is 19.2 Å². The Bertz CT molecular complexity index is 822. The molecule has 0 heterocycles. The molecule has 220 valence electrons. The van der Waals surface area contributed by atoms with E-state index in [1.54, 1.807) is 0 Å². The third-order valence-corrected chi connectivity index (χ3v) is 18.3. The number of unbranched alkanes of at least 4 members (excludes halogenated alkanes) is 10. The maximum atomic E-state index is 7.37. The number of para-hydroxylation sites is 2. The molecule has 0 spiro atoms. The second kappa shape index (κ2) is 19.8. The average Bonchev–Trinajstić information content (AvgIpc) is 2.96. The normalized spacial score (nSPS) is 13.3. The van der Waals surface area contributed by atoms with Crippen LogP contribution in [0.5, 0.6) is 11.5 Å². The summed E-state index contributed by atoms with van der Waals surface area (Å²) in [4.78, 5) is 0. The molecular weight excluding hydrogens is 583 g/mol. The van der Waals surface area contributed by atoms with Crippen LogP contribution in [0.2, 0.25) is 8.87 Å². The molecule has 0 aliphatic rings. The standard InChI is InChI=1S/2C10H14O.2C8H17.Sn/c2*1-3-8(2)9-6-4-5-7-10(9)11;2*1-3-5-7-8-6-4-2;/h2*4-8,11H,3H2,1-2H3;2*1,3-8H2,2H3;/q;;;;+2/p-2. The Kier molecular flexibility index (Phi) is 17.3. The molecule has 39 heavy (non-hydrogen) atoms. The Labute approximate surface area is 247 Å². The van der Waals surface area contributed by atoms with Crippen LogP contribution in [0.3, 0.4) is 0 Å². The van der Waals surface area contributed by atoms with Gasteiger partial charge in [-0.3, -0.25) is 0 Å². The summed E-state index contributed by atoms with van der Waals surface area (Å²) in [5.74, 6) is 3.17. The monoisotopic (exact) mass is 644 g/mol. The fraction of sp³-hybridized carbons (Fsp3) is 0.667. The average molecular weight is 644 g/mol. The van der Waals surface area contributed by atoms with E-state index in [-0.39, 0.29) is 0 Å². The van der Waals surface area contributed by atoms with Crippen LogP contribution in [-0.4, -0.2) is 19.2 Å². The number of hydrogen-bond acceptors (Lipinski definition) is 2. The van der Waals surface area contributed by atoms with E-state index in [0.717, 1.165) is 33.2 Å². The van der Waals surface area contributed by atoms with Gasteiger partial charge in [0.1, 0.15) is 0 Å². The van der Waals surface area contributed by atoms with Crippen LogP contribution < -0.4 is 6.15 Å². The fourth-order valence-electron chi connectivity index (χ4n) is 5.50. The van der Waals surface area contributed by atoms with Crippen LogP contribution in [0.15, 0.2) is 48.5 Å². The number of rotatable bonds is 22. The summed E-state index contributed by atoms with van der Waals surface area (Å²) in [5.41, 5.74) is 2.71. The molecule has 0 aliphatic heterocycles. The summed E-state index contributed by atoms with van der Waals surface area (Å²) in [6.45, 7) is 13.8. The molecule has 0 aromatic heterocycles. The minimum absolute atomic E-state index is 0.487. The van der Waals surface area contributed by atoms with Crippen molar-refractivity contribution < 1.29 is 6.15 Å². The van der Waals surface area contributed by atoms with Crippen molar-refractivity contribution in [2.24, 2.45) is 0 Å². The summed E-state index contributed by atoms with van der Waals surface area (Å²) in [5, 5.41) is 0. The Morgan fingerprint density at radius 1 is 0.513 bits per heavy atom. The quantitative estimate of drug-likeness (QED) is 0.0939.